The molecule has 1 atom stereocenters. The number of hydrogen-bond donors (Lipinski definition) is 4. The van der Waals surface area contributed by atoms with Crippen LogP contribution in [-0.2, 0) is 4.79 Å². The van der Waals surface area contributed by atoms with Gasteiger partial charge in [0.1, 0.15) is 0 Å². The largest absolute Gasteiger partial charge is 0.481 e. The van der Waals surface area contributed by atoms with E-state index in [9.17, 15) is 9.59 Å². The number of nitrogens with one attached hydrogen (secondary N) is 1. The Bertz CT molecular complexity index is 267. The summed E-state index contributed by atoms with van der Waals surface area (Å²) >= 11 is 0. The predicted molar refractivity (Wildman–Crippen MR) is 69.8 cm³/mol. The maximum atomic E-state index is 11.7. The quantitative estimate of drug-likeness (QED) is 0.444. The average molecular weight is 276 g/mol. The van der Waals surface area contributed by atoms with E-state index in [4.69, 9.17) is 15.3 Å². The van der Waals surface area contributed by atoms with Gasteiger partial charge in [-0.1, -0.05) is 6.92 Å². The summed E-state index contributed by atoms with van der Waals surface area (Å²) in [5.74, 6) is -0.589. The fraction of sp³-hybridized carbons (Fsp3) is 0.833. The summed E-state index contributed by atoms with van der Waals surface area (Å²) < 4.78 is 0. The standard InChI is InChI=1S/C12H24N2O5/c1-10(2-3-11(17)18)4-5-13-12(19)14(6-8-15)7-9-16/h10,15-16H,2-9H2,1H3,(H,13,19)(H,17,18). The molecule has 0 fully saturated rings. The molecule has 7 nitrogen and oxygen atoms in total. The lowest BCUT2D eigenvalue weighted by Crippen LogP contribution is -2.43. The zero-order chi connectivity index (χ0) is 14.7. The molecule has 0 bridgehead atoms. The molecule has 1 unspecified atom stereocenters. The van der Waals surface area contributed by atoms with Crippen molar-refractivity contribution in [2.24, 2.45) is 5.92 Å². The number of hydrogen-bond acceptors (Lipinski definition) is 4. The minimum Gasteiger partial charge on any atom is -0.481 e. The van der Waals surface area contributed by atoms with Crippen molar-refractivity contribution in [2.75, 3.05) is 32.8 Å². The number of aliphatic carboxylic acids is 1. The maximum Gasteiger partial charge on any atom is 0.317 e. The highest BCUT2D eigenvalue weighted by Crippen LogP contribution is 2.09. The van der Waals surface area contributed by atoms with Crippen molar-refractivity contribution in [1.29, 1.82) is 0 Å². The van der Waals surface area contributed by atoms with Gasteiger partial charge in [-0.2, -0.15) is 0 Å². The van der Waals surface area contributed by atoms with Crippen molar-refractivity contribution in [3.63, 3.8) is 0 Å². The molecule has 0 aromatic rings. The molecule has 0 saturated heterocycles. The van der Waals surface area contributed by atoms with Gasteiger partial charge in [0.15, 0.2) is 0 Å². The van der Waals surface area contributed by atoms with Crippen molar-refractivity contribution >= 4 is 12.0 Å². The van der Waals surface area contributed by atoms with E-state index in [1.54, 1.807) is 0 Å². The maximum absolute atomic E-state index is 11.7. The number of carboxylic acid groups (broad SMARTS) is 1. The number of amides is 2. The normalized spacial score (nSPS) is 11.9. The molecule has 0 radical (unpaired) electrons. The number of rotatable bonds is 10. The van der Waals surface area contributed by atoms with E-state index < -0.39 is 5.97 Å². The first-order valence-electron chi connectivity index (χ1n) is 6.47. The molecule has 0 aliphatic carbocycles. The highest BCUT2D eigenvalue weighted by Gasteiger charge is 2.12. The lowest BCUT2D eigenvalue weighted by atomic mass is 10.0. The van der Waals surface area contributed by atoms with Crippen LogP contribution in [0.2, 0.25) is 0 Å². The van der Waals surface area contributed by atoms with E-state index in [2.05, 4.69) is 5.32 Å². The van der Waals surface area contributed by atoms with Crippen LogP contribution in [0.3, 0.4) is 0 Å². The van der Waals surface area contributed by atoms with Crippen LogP contribution in [0.5, 0.6) is 0 Å². The van der Waals surface area contributed by atoms with Crippen molar-refractivity contribution < 1.29 is 24.9 Å². The minimum atomic E-state index is -0.812. The molecule has 7 heteroatoms. The second kappa shape index (κ2) is 10.6. The molecule has 19 heavy (non-hydrogen) atoms. The van der Waals surface area contributed by atoms with E-state index in [0.29, 0.717) is 19.4 Å². The highest BCUT2D eigenvalue weighted by atomic mass is 16.4. The van der Waals surface area contributed by atoms with Gasteiger partial charge in [-0.15, -0.1) is 0 Å². The molecule has 0 rings (SSSR count). The number of aliphatic hydroxyl groups is 2. The third-order valence-corrected chi connectivity index (χ3v) is 2.79. The Labute approximate surface area is 113 Å². The van der Waals surface area contributed by atoms with E-state index >= 15 is 0 Å². The fourth-order valence-electron chi connectivity index (χ4n) is 1.61. The van der Waals surface area contributed by atoms with Crippen molar-refractivity contribution in [3.05, 3.63) is 0 Å². The molecule has 4 N–H and O–H groups in total. The molecular formula is C12H24N2O5. The molecular weight excluding hydrogens is 252 g/mol. The van der Waals surface area contributed by atoms with Gasteiger partial charge in [0, 0.05) is 26.1 Å². The molecule has 112 valence electrons. The molecule has 0 spiro atoms. The second-order valence-corrected chi connectivity index (χ2v) is 4.49. The number of carbonyl (C=O) groups is 2. The lowest BCUT2D eigenvalue weighted by Gasteiger charge is -2.21. The minimum absolute atomic E-state index is 0.135. The Hall–Kier alpha value is -1.34. The monoisotopic (exact) mass is 276 g/mol. The third-order valence-electron chi connectivity index (χ3n) is 2.79. The van der Waals surface area contributed by atoms with Gasteiger partial charge in [0.05, 0.1) is 13.2 Å². The van der Waals surface area contributed by atoms with Gasteiger partial charge in [0.25, 0.3) is 0 Å². The van der Waals surface area contributed by atoms with Crippen molar-refractivity contribution in [2.45, 2.75) is 26.2 Å². The third kappa shape index (κ3) is 9.26. The molecule has 0 aromatic carbocycles. The number of aliphatic hydroxyl groups excluding tert-OH is 2. The lowest BCUT2D eigenvalue weighted by molar-refractivity contribution is -0.137. The molecule has 0 aromatic heterocycles. The van der Waals surface area contributed by atoms with Crippen LogP contribution in [0.1, 0.15) is 26.2 Å². The molecule has 0 aliphatic rings. The Balaban J connectivity index is 3.84. The number of urea groups is 1. The molecule has 0 heterocycles. The second-order valence-electron chi connectivity index (χ2n) is 4.49. The van der Waals surface area contributed by atoms with Crippen LogP contribution in [0, 0.1) is 5.92 Å². The van der Waals surface area contributed by atoms with E-state index in [1.807, 2.05) is 6.92 Å². The Kier molecular flexibility index (Phi) is 9.82. The highest BCUT2D eigenvalue weighted by molar-refractivity contribution is 5.74. The Morgan fingerprint density at radius 1 is 1.16 bits per heavy atom. The van der Waals surface area contributed by atoms with Crippen LogP contribution in [-0.4, -0.2) is 65.1 Å². The number of nitrogens with zero attached hydrogens (tertiary/aromatic N) is 1. The van der Waals surface area contributed by atoms with Crippen LogP contribution >= 0.6 is 0 Å². The SMILES string of the molecule is CC(CCNC(=O)N(CCO)CCO)CCC(=O)O. The summed E-state index contributed by atoms with van der Waals surface area (Å²) in [4.78, 5) is 23.4. The van der Waals surface area contributed by atoms with Gasteiger partial charge in [-0.25, -0.2) is 4.79 Å². The van der Waals surface area contributed by atoms with Crippen LogP contribution in [0.25, 0.3) is 0 Å². The van der Waals surface area contributed by atoms with Gasteiger partial charge >= 0.3 is 12.0 Å². The fourth-order valence-corrected chi connectivity index (χ4v) is 1.61. The smallest absolute Gasteiger partial charge is 0.317 e. The topological polar surface area (TPSA) is 110 Å². The zero-order valence-corrected chi connectivity index (χ0v) is 11.3. The van der Waals surface area contributed by atoms with Gasteiger partial charge in [0.2, 0.25) is 0 Å². The summed E-state index contributed by atoms with van der Waals surface area (Å²) in [5.41, 5.74) is 0. The van der Waals surface area contributed by atoms with Gasteiger partial charge in [-0.3, -0.25) is 4.79 Å². The number of carbonyl (C=O) groups excluding carboxylic acids is 1. The summed E-state index contributed by atoms with van der Waals surface area (Å²) in [7, 11) is 0. The number of carboxylic acids is 1. The molecule has 0 aliphatic heterocycles. The van der Waals surface area contributed by atoms with Crippen LogP contribution in [0.4, 0.5) is 4.79 Å². The summed E-state index contributed by atoms with van der Waals surface area (Å²) in [6.45, 7) is 2.45. The molecule has 0 saturated carbocycles. The zero-order valence-electron chi connectivity index (χ0n) is 11.3. The first-order chi connectivity index (χ1) is 9.01. The van der Waals surface area contributed by atoms with E-state index in [0.717, 1.165) is 0 Å². The Morgan fingerprint density at radius 3 is 2.21 bits per heavy atom. The first-order valence-corrected chi connectivity index (χ1v) is 6.47. The van der Waals surface area contributed by atoms with Crippen molar-refractivity contribution in [3.8, 4) is 0 Å². The van der Waals surface area contributed by atoms with Crippen molar-refractivity contribution in [1.82, 2.24) is 10.2 Å². The molecule has 2 amide bonds. The van der Waals surface area contributed by atoms with E-state index in [-0.39, 0.29) is 44.7 Å². The predicted octanol–water partition coefficient (Wildman–Crippen LogP) is -0.126. The van der Waals surface area contributed by atoms with Gasteiger partial charge in [-0.05, 0) is 18.8 Å². The summed E-state index contributed by atoms with van der Waals surface area (Å²) in [6.07, 6.45) is 1.42. The Morgan fingerprint density at radius 2 is 1.74 bits per heavy atom. The summed E-state index contributed by atoms with van der Waals surface area (Å²) in [6, 6.07) is -0.325. The van der Waals surface area contributed by atoms with E-state index in [1.165, 1.54) is 4.90 Å². The van der Waals surface area contributed by atoms with Crippen LogP contribution in [0.15, 0.2) is 0 Å². The van der Waals surface area contributed by atoms with Crippen LogP contribution < -0.4 is 5.32 Å². The summed E-state index contributed by atoms with van der Waals surface area (Å²) in [5, 5.41) is 28.8. The van der Waals surface area contributed by atoms with Gasteiger partial charge < -0.3 is 25.5 Å². The first kappa shape index (κ1) is 17.7. The average Bonchev–Trinajstić information content (AvgIpc) is 2.36.